The number of aromatic nitrogens is 4. The fourth-order valence-corrected chi connectivity index (χ4v) is 5.95. The van der Waals surface area contributed by atoms with Crippen molar-refractivity contribution >= 4 is 21.8 Å². The fourth-order valence-electron chi connectivity index (χ4n) is 5.95. The van der Waals surface area contributed by atoms with Gasteiger partial charge in [-0.2, -0.15) is 17.2 Å². The van der Waals surface area contributed by atoms with E-state index in [2.05, 4.69) is 56.8 Å². The molecule has 0 N–H and O–H groups in total. The molecule has 7 aromatic rings. The van der Waals surface area contributed by atoms with Crippen LogP contribution in [0.5, 0.6) is 11.5 Å². The van der Waals surface area contributed by atoms with Crippen LogP contribution in [0, 0.1) is 52.6 Å². The summed E-state index contributed by atoms with van der Waals surface area (Å²) >= 11 is 0. The Morgan fingerprint density at radius 2 is 1.48 bits per heavy atom. The van der Waals surface area contributed by atoms with E-state index in [0.717, 1.165) is 33.1 Å². The van der Waals surface area contributed by atoms with Crippen molar-refractivity contribution in [1.29, 1.82) is 0 Å². The predicted molar refractivity (Wildman–Crippen MR) is 169 cm³/mol. The van der Waals surface area contributed by atoms with E-state index in [1.54, 1.807) is 0 Å². The summed E-state index contributed by atoms with van der Waals surface area (Å²) in [6, 6.07) is 27.1. The van der Waals surface area contributed by atoms with Gasteiger partial charge in [0.2, 0.25) is 0 Å². The number of halogens is 1. The zero-order valence-corrected chi connectivity index (χ0v) is 27.2. The van der Waals surface area contributed by atoms with Crippen molar-refractivity contribution in [1.82, 2.24) is 19.3 Å². The van der Waals surface area contributed by atoms with Crippen molar-refractivity contribution in [3.8, 4) is 34.1 Å². The first-order chi connectivity index (χ1) is 20.8. The number of rotatable bonds is 5. The van der Waals surface area contributed by atoms with Crippen LogP contribution in [0.3, 0.4) is 0 Å². The monoisotopic (exact) mass is 759 g/mol. The average molecular weight is 760 g/mol. The number of ether oxygens (including phenoxy) is 1. The van der Waals surface area contributed by atoms with Gasteiger partial charge >= 0.3 is 21.1 Å². The van der Waals surface area contributed by atoms with Crippen molar-refractivity contribution in [3.05, 3.63) is 131 Å². The second-order valence-corrected chi connectivity index (χ2v) is 10.9. The number of hydrogen-bond donors (Lipinski definition) is 0. The van der Waals surface area contributed by atoms with Gasteiger partial charge in [0.25, 0.3) is 0 Å². The Bertz CT molecular complexity index is 2170. The number of para-hydroxylation sites is 1. The van der Waals surface area contributed by atoms with Gasteiger partial charge in [0, 0.05) is 41.0 Å². The molecule has 3 heterocycles. The van der Waals surface area contributed by atoms with Crippen LogP contribution in [0.15, 0.2) is 85.3 Å². The van der Waals surface area contributed by atoms with E-state index in [4.69, 9.17) is 4.74 Å². The Balaban J connectivity index is 0.00000343. The van der Waals surface area contributed by atoms with Crippen molar-refractivity contribution < 1.29 is 30.2 Å². The van der Waals surface area contributed by atoms with Gasteiger partial charge in [0.05, 0.1) is 6.20 Å². The molecular weight excluding hydrogens is 731 g/mol. The third kappa shape index (κ3) is 4.93. The molecule has 44 heavy (non-hydrogen) atoms. The van der Waals surface area contributed by atoms with E-state index >= 15 is 0 Å². The summed E-state index contributed by atoms with van der Waals surface area (Å²) in [6.45, 7) is 10.9. The summed E-state index contributed by atoms with van der Waals surface area (Å²) in [4.78, 5) is 4.44. The summed E-state index contributed by atoms with van der Waals surface area (Å²) < 4.78 is 24.2. The number of hydrogen-bond acceptors (Lipinski definition) is 3. The van der Waals surface area contributed by atoms with E-state index in [1.165, 1.54) is 51.7 Å². The van der Waals surface area contributed by atoms with E-state index < -0.39 is 0 Å². The number of nitrogens with zero attached hydrogens (tertiary/aromatic N) is 4. The predicted octanol–water partition coefficient (Wildman–Crippen LogP) is 9.10. The Morgan fingerprint density at radius 3 is 2.25 bits per heavy atom. The van der Waals surface area contributed by atoms with Gasteiger partial charge in [-0.05, 0) is 91.2 Å². The Hall–Kier alpha value is -4.54. The number of benzene rings is 4. The molecule has 220 valence electrons. The van der Waals surface area contributed by atoms with Gasteiger partial charge in [0.1, 0.15) is 11.6 Å². The molecule has 4 aromatic carbocycles. The van der Waals surface area contributed by atoms with E-state index in [0.29, 0.717) is 17.3 Å². The molecule has 0 spiro atoms. The first-order valence-electron chi connectivity index (χ1n) is 14.2. The minimum Gasteiger partial charge on any atom is -0.509 e. The zero-order chi connectivity index (χ0) is 29.8. The molecule has 3 aromatic heterocycles. The maximum Gasteiger partial charge on any atom is 2.00 e. The minimum absolute atomic E-state index is 0. The van der Waals surface area contributed by atoms with Gasteiger partial charge in [-0.3, -0.25) is 4.68 Å². The second kappa shape index (κ2) is 11.5. The molecule has 0 fully saturated rings. The Kier molecular flexibility index (Phi) is 7.73. The molecule has 0 aliphatic heterocycles. The molecule has 5 nitrogen and oxygen atoms in total. The van der Waals surface area contributed by atoms with Crippen LogP contribution in [0.4, 0.5) is 4.39 Å². The van der Waals surface area contributed by atoms with Gasteiger partial charge in [-0.1, -0.05) is 23.7 Å². The fraction of sp³-hybridized carbons (Fsp3) is 0.135. The zero-order valence-electron chi connectivity index (χ0n) is 25.0. The van der Waals surface area contributed by atoms with Gasteiger partial charge in [-0.25, -0.2) is 9.37 Å². The number of pyridine rings is 1. The standard InChI is InChI=1S/C37H29FN4O.Pt/c1-22-23(2)25(4)37(26(5)24(22)3)27-20-40-41(21-27)29-9-8-10-30(18-29)43-31-13-14-33-32-11-6-7-12-34(32)42(35(33)19-31)36-17-28(38)15-16-39-36;/h6-17,20-21H,1-5H3;/q-2;+2. The molecule has 0 atom stereocenters. The van der Waals surface area contributed by atoms with Crippen molar-refractivity contribution in [2.45, 2.75) is 34.6 Å². The maximum absolute atomic E-state index is 14.2. The first-order valence-corrected chi connectivity index (χ1v) is 14.2. The van der Waals surface area contributed by atoms with E-state index in [-0.39, 0.29) is 26.9 Å². The summed E-state index contributed by atoms with van der Waals surface area (Å²) in [5.41, 5.74) is 11.2. The van der Waals surface area contributed by atoms with Crippen molar-refractivity contribution in [3.63, 3.8) is 0 Å². The largest absolute Gasteiger partial charge is 2.00 e. The smallest absolute Gasteiger partial charge is 0.509 e. The quantitative estimate of drug-likeness (QED) is 0.165. The summed E-state index contributed by atoms with van der Waals surface area (Å²) in [7, 11) is 0. The van der Waals surface area contributed by atoms with Gasteiger partial charge in [-0.15, -0.1) is 35.7 Å². The molecule has 7 rings (SSSR count). The van der Waals surface area contributed by atoms with Crippen molar-refractivity contribution in [2.75, 3.05) is 0 Å². The molecule has 0 saturated carbocycles. The Labute approximate surface area is 270 Å². The van der Waals surface area contributed by atoms with Crippen LogP contribution in [0.2, 0.25) is 0 Å². The molecule has 0 bridgehead atoms. The second-order valence-electron chi connectivity index (χ2n) is 10.9. The Morgan fingerprint density at radius 1 is 0.750 bits per heavy atom. The van der Waals surface area contributed by atoms with Crippen LogP contribution < -0.4 is 4.74 Å². The van der Waals surface area contributed by atoms with Crippen LogP contribution >= 0.6 is 0 Å². The van der Waals surface area contributed by atoms with Crippen LogP contribution in [-0.4, -0.2) is 19.3 Å². The van der Waals surface area contributed by atoms with Crippen LogP contribution in [-0.2, 0) is 21.1 Å². The van der Waals surface area contributed by atoms with Crippen LogP contribution in [0.1, 0.15) is 27.8 Å². The average Bonchev–Trinajstić information content (AvgIpc) is 3.62. The third-order valence-electron chi connectivity index (χ3n) is 8.58. The molecule has 0 aliphatic rings. The first kappa shape index (κ1) is 29.5. The van der Waals surface area contributed by atoms with Crippen molar-refractivity contribution in [2.24, 2.45) is 0 Å². The van der Waals surface area contributed by atoms with Gasteiger partial charge in [0.15, 0.2) is 0 Å². The van der Waals surface area contributed by atoms with Gasteiger partial charge < -0.3 is 9.30 Å². The molecule has 0 saturated heterocycles. The molecule has 0 unspecified atom stereocenters. The SMILES string of the molecule is Cc1c(C)c(C)c(-c2cnn(-c3[c-]c(Oc4[c-]c5c(cc4)c4ccccc4n5-c4cc(F)ccn4)ccc3)c2)c(C)c1C.[Pt+2]. The molecule has 7 heteroatoms. The third-order valence-corrected chi connectivity index (χ3v) is 8.58. The summed E-state index contributed by atoms with van der Waals surface area (Å²) in [6.07, 6.45) is 5.42. The maximum atomic E-state index is 14.2. The minimum atomic E-state index is -0.352. The molecule has 0 amide bonds. The molecule has 0 aliphatic carbocycles. The summed E-state index contributed by atoms with van der Waals surface area (Å²) in [5, 5.41) is 6.68. The van der Waals surface area contributed by atoms with E-state index in [9.17, 15) is 4.39 Å². The van der Waals surface area contributed by atoms with E-state index in [1.807, 2.05) is 76.2 Å². The summed E-state index contributed by atoms with van der Waals surface area (Å²) in [5.74, 6) is 1.17. The van der Waals surface area contributed by atoms with Crippen LogP contribution in [0.25, 0.3) is 44.4 Å². The molecular formula is C37H29FN4OPt. The normalized spacial score (nSPS) is 11.2. The number of fused-ring (bicyclic) bond motifs is 3. The topological polar surface area (TPSA) is 44.9 Å². The molecule has 0 radical (unpaired) electrons.